The molecule has 7 heteroatoms. The fourth-order valence-corrected chi connectivity index (χ4v) is 2.32. The number of ether oxygens (including phenoxy) is 3. The zero-order chi connectivity index (χ0) is 14.7. The van der Waals surface area contributed by atoms with E-state index in [9.17, 15) is 9.50 Å². The van der Waals surface area contributed by atoms with Gasteiger partial charge in [-0.25, -0.2) is 4.39 Å². The Morgan fingerprint density at radius 3 is 2.85 bits per heavy atom. The van der Waals surface area contributed by atoms with Gasteiger partial charge in [0.25, 0.3) is 0 Å². The predicted molar refractivity (Wildman–Crippen MR) is 72.6 cm³/mol. The van der Waals surface area contributed by atoms with Crippen LogP contribution in [0.2, 0.25) is 0 Å². The summed E-state index contributed by atoms with van der Waals surface area (Å²) < 4.78 is 30.6. The average molecular weight is 351 g/mol. The lowest BCUT2D eigenvalue weighted by Crippen LogP contribution is -2.49. The maximum Gasteiger partial charge on any atom is 0.234 e. The zero-order valence-corrected chi connectivity index (χ0v) is 12.4. The van der Waals surface area contributed by atoms with Crippen molar-refractivity contribution in [3.63, 3.8) is 0 Å². The maximum absolute atomic E-state index is 13.9. The number of hydrogen-bond acceptors (Lipinski definition) is 5. The Bertz CT molecular complexity index is 458. The molecule has 1 aromatic rings. The van der Waals surface area contributed by atoms with Gasteiger partial charge >= 0.3 is 0 Å². The lowest BCUT2D eigenvalue weighted by Gasteiger charge is -2.35. The molecule has 1 aliphatic rings. The second kappa shape index (κ2) is 6.71. The molecule has 1 aliphatic heterocycles. The number of methoxy groups -OCH3 is 1. The van der Waals surface area contributed by atoms with Crippen molar-refractivity contribution in [3.8, 4) is 11.5 Å². The third-order valence-corrected chi connectivity index (χ3v) is 3.52. The van der Waals surface area contributed by atoms with Gasteiger partial charge in [0, 0.05) is 10.9 Å². The van der Waals surface area contributed by atoms with Crippen molar-refractivity contribution >= 4 is 15.9 Å². The molecule has 0 saturated carbocycles. The van der Waals surface area contributed by atoms with Gasteiger partial charge in [0.2, 0.25) is 6.29 Å². The third-order valence-electron chi connectivity index (χ3n) is 3.03. The van der Waals surface area contributed by atoms with E-state index in [1.807, 2.05) is 0 Å². The molecule has 0 spiro atoms. The number of rotatable bonds is 4. The highest BCUT2D eigenvalue weighted by molar-refractivity contribution is 9.10. The van der Waals surface area contributed by atoms with Crippen molar-refractivity contribution in [2.45, 2.75) is 31.1 Å². The van der Waals surface area contributed by atoms with Crippen molar-refractivity contribution in [3.05, 3.63) is 22.7 Å². The van der Waals surface area contributed by atoms with E-state index in [0.29, 0.717) is 11.5 Å². The van der Waals surface area contributed by atoms with Gasteiger partial charge in [0.1, 0.15) is 0 Å². The van der Waals surface area contributed by atoms with Gasteiger partial charge in [-0.2, -0.15) is 0 Å². The monoisotopic (exact) mass is 350 g/mol. The van der Waals surface area contributed by atoms with Gasteiger partial charge in [-0.3, -0.25) is 0 Å². The Hall–Kier alpha value is -0.890. The number of benzene rings is 1. The van der Waals surface area contributed by atoms with Crippen LogP contribution >= 0.6 is 15.9 Å². The van der Waals surface area contributed by atoms with Crippen LogP contribution in [0.15, 0.2) is 22.7 Å². The van der Waals surface area contributed by atoms with E-state index in [1.54, 1.807) is 18.2 Å². The molecule has 5 nitrogen and oxygen atoms in total. The standard InChI is InChI=1S/C13H16BrFO5/c1-18-11-4-7(14)2-3-10(11)20-13-12(15)9(17)5-8(6-16)19-13/h2-4,8-9,12-13,16-17H,5-6H2,1H3. The molecule has 2 rings (SSSR count). The van der Waals surface area contributed by atoms with E-state index in [1.165, 1.54) is 7.11 Å². The fraction of sp³-hybridized carbons (Fsp3) is 0.538. The fourth-order valence-electron chi connectivity index (χ4n) is 1.98. The van der Waals surface area contributed by atoms with Crippen LogP contribution in [-0.2, 0) is 4.74 Å². The molecule has 2 N–H and O–H groups in total. The summed E-state index contributed by atoms with van der Waals surface area (Å²) in [6.07, 6.45) is -4.82. The summed E-state index contributed by atoms with van der Waals surface area (Å²) in [5.41, 5.74) is 0. The summed E-state index contributed by atoms with van der Waals surface area (Å²) >= 11 is 3.29. The highest BCUT2D eigenvalue weighted by Gasteiger charge is 2.39. The van der Waals surface area contributed by atoms with Gasteiger partial charge < -0.3 is 24.4 Å². The lowest BCUT2D eigenvalue weighted by molar-refractivity contribution is -0.222. The molecule has 20 heavy (non-hydrogen) atoms. The number of aliphatic hydroxyl groups excluding tert-OH is 2. The molecule has 0 radical (unpaired) electrons. The van der Waals surface area contributed by atoms with E-state index in [4.69, 9.17) is 19.3 Å². The highest BCUT2D eigenvalue weighted by atomic mass is 79.9. The van der Waals surface area contributed by atoms with Crippen LogP contribution in [0.4, 0.5) is 4.39 Å². The van der Waals surface area contributed by atoms with Crippen molar-refractivity contribution in [1.82, 2.24) is 0 Å². The van der Waals surface area contributed by atoms with Crippen molar-refractivity contribution in [2.75, 3.05) is 13.7 Å². The molecule has 1 aromatic carbocycles. The minimum absolute atomic E-state index is 0.0367. The molecule has 1 heterocycles. The van der Waals surface area contributed by atoms with Crippen molar-refractivity contribution in [1.29, 1.82) is 0 Å². The molecule has 0 amide bonds. The van der Waals surface area contributed by atoms with Crippen LogP contribution in [0.5, 0.6) is 11.5 Å². The van der Waals surface area contributed by atoms with Gasteiger partial charge in [0.05, 0.1) is 25.9 Å². The topological polar surface area (TPSA) is 68.2 Å². The summed E-state index contributed by atoms with van der Waals surface area (Å²) in [6.45, 7) is -0.304. The number of alkyl halides is 1. The van der Waals surface area contributed by atoms with Crippen LogP contribution in [0, 0.1) is 0 Å². The summed E-state index contributed by atoms with van der Waals surface area (Å²) in [4.78, 5) is 0. The Balaban J connectivity index is 2.15. The summed E-state index contributed by atoms with van der Waals surface area (Å²) in [5.74, 6) is 0.713. The van der Waals surface area contributed by atoms with Gasteiger partial charge in [-0.15, -0.1) is 0 Å². The van der Waals surface area contributed by atoms with Crippen LogP contribution in [-0.4, -0.2) is 48.6 Å². The number of hydrogen-bond donors (Lipinski definition) is 2. The summed E-state index contributed by atoms with van der Waals surface area (Å²) in [7, 11) is 1.47. The number of halogens is 2. The first-order valence-electron chi connectivity index (χ1n) is 6.13. The van der Waals surface area contributed by atoms with E-state index < -0.39 is 24.7 Å². The molecular weight excluding hydrogens is 335 g/mol. The first-order valence-corrected chi connectivity index (χ1v) is 6.93. The largest absolute Gasteiger partial charge is 0.493 e. The van der Waals surface area contributed by atoms with Gasteiger partial charge in [0.15, 0.2) is 17.7 Å². The predicted octanol–water partition coefficient (Wildman–Crippen LogP) is 1.64. The van der Waals surface area contributed by atoms with Crippen LogP contribution in [0.3, 0.4) is 0 Å². The molecule has 0 aromatic heterocycles. The minimum atomic E-state index is -1.69. The van der Waals surface area contributed by atoms with Gasteiger partial charge in [-0.05, 0) is 18.2 Å². The molecule has 0 aliphatic carbocycles. The first-order chi connectivity index (χ1) is 9.55. The average Bonchev–Trinajstić information content (AvgIpc) is 2.45. The minimum Gasteiger partial charge on any atom is -0.493 e. The molecule has 4 atom stereocenters. The van der Waals surface area contributed by atoms with E-state index in [2.05, 4.69) is 15.9 Å². The molecule has 112 valence electrons. The third kappa shape index (κ3) is 3.41. The Morgan fingerprint density at radius 2 is 2.20 bits per heavy atom. The molecule has 4 unspecified atom stereocenters. The molecule has 1 fully saturated rings. The van der Waals surface area contributed by atoms with Gasteiger partial charge in [-0.1, -0.05) is 15.9 Å². The Morgan fingerprint density at radius 1 is 1.45 bits per heavy atom. The SMILES string of the molecule is COc1cc(Br)ccc1OC1OC(CO)CC(O)C1F. The van der Waals surface area contributed by atoms with Crippen molar-refractivity contribution < 1.29 is 28.8 Å². The Kier molecular flexibility index (Phi) is 5.20. The van der Waals surface area contributed by atoms with E-state index >= 15 is 0 Å². The van der Waals surface area contributed by atoms with Crippen LogP contribution in [0.1, 0.15) is 6.42 Å². The highest BCUT2D eigenvalue weighted by Crippen LogP contribution is 2.33. The normalized spacial score (nSPS) is 30.1. The van der Waals surface area contributed by atoms with E-state index in [-0.39, 0.29) is 13.0 Å². The lowest BCUT2D eigenvalue weighted by atomic mass is 10.0. The quantitative estimate of drug-likeness (QED) is 0.863. The smallest absolute Gasteiger partial charge is 0.234 e. The molecule has 1 saturated heterocycles. The first kappa shape index (κ1) is 15.5. The zero-order valence-electron chi connectivity index (χ0n) is 10.8. The number of aliphatic hydroxyl groups is 2. The summed E-state index contributed by atoms with van der Waals surface area (Å²) in [6, 6.07) is 4.99. The van der Waals surface area contributed by atoms with E-state index in [0.717, 1.165) is 4.47 Å². The summed E-state index contributed by atoms with van der Waals surface area (Å²) in [5, 5.41) is 18.7. The van der Waals surface area contributed by atoms with Crippen LogP contribution in [0.25, 0.3) is 0 Å². The Labute approximate surface area is 124 Å². The second-order valence-electron chi connectivity index (χ2n) is 4.47. The van der Waals surface area contributed by atoms with Crippen LogP contribution < -0.4 is 9.47 Å². The molecular formula is C13H16BrFO5. The second-order valence-corrected chi connectivity index (χ2v) is 5.39. The van der Waals surface area contributed by atoms with Crippen molar-refractivity contribution in [2.24, 2.45) is 0 Å². The maximum atomic E-state index is 13.9. The molecule has 0 bridgehead atoms.